The third-order valence-electron chi connectivity index (χ3n) is 5.12. The van der Waals surface area contributed by atoms with Crippen molar-refractivity contribution >= 4 is 17.3 Å². The quantitative estimate of drug-likeness (QED) is 0.599. The molecule has 140 valence electrons. The van der Waals surface area contributed by atoms with Gasteiger partial charge in [0.25, 0.3) is 0 Å². The average molecular weight is 372 g/mol. The molecule has 2 heterocycles. The molecule has 0 bridgehead atoms. The van der Waals surface area contributed by atoms with E-state index in [1.54, 1.807) is 11.3 Å². The van der Waals surface area contributed by atoms with E-state index in [-0.39, 0.29) is 5.41 Å². The van der Waals surface area contributed by atoms with Crippen LogP contribution in [0.5, 0.6) is 0 Å². The van der Waals surface area contributed by atoms with Crippen molar-refractivity contribution in [2.45, 2.75) is 38.6 Å². The van der Waals surface area contributed by atoms with E-state index in [0.29, 0.717) is 0 Å². The van der Waals surface area contributed by atoms with Crippen LogP contribution >= 0.6 is 11.3 Å². The normalized spacial score (nSPS) is 17.1. The van der Waals surface area contributed by atoms with Crippen LogP contribution in [0.15, 0.2) is 46.8 Å². The zero-order valence-corrected chi connectivity index (χ0v) is 16.6. The van der Waals surface area contributed by atoms with E-state index >= 15 is 0 Å². The number of thiophene rings is 1. The summed E-state index contributed by atoms with van der Waals surface area (Å²) >= 11 is 1.77. The third kappa shape index (κ3) is 4.65. The molecular formula is C21H29N3OS. The van der Waals surface area contributed by atoms with Gasteiger partial charge in [0.2, 0.25) is 0 Å². The van der Waals surface area contributed by atoms with Gasteiger partial charge in [-0.25, -0.2) is 4.99 Å². The monoisotopic (exact) mass is 371 g/mol. The van der Waals surface area contributed by atoms with Crippen molar-refractivity contribution in [3.63, 3.8) is 0 Å². The summed E-state index contributed by atoms with van der Waals surface area (Å²) in [5.41, 5.74) is 2.81. The standard InChI is InChI=1S/C21H29N3OS/c1-3-22-20(23-15-19-17(2)9-14-26-19)24-16-21(10-12-25-13-11-21)18-7-5-4-6-8-18/h4-9,14H,3,10-13,15-16H2,1-2H3,(H2,22,23,24). The number of ether oxygens (including phenoxy) is 1. The van der Waals surface area contributed by atoms with Crippen LogP contribution in [0.2, 0.25) is 0 Å². The first-order valence-corrected chi connectivity index (χ1v) is 10.3. The molecule has 0 aliphatic carbocycles. The van der Waals surface area contributed by atoms with Crippen molar-refractivity contribution in [3.05, 3.63) is 57.8 Å². The lowest BCUT2D eigenvalue weighted by Crippen LogP contribution is -2.48. The van der Waals surface area contributed by atoms with Crippen molar-refractivity contribution in [2.24, 2.45) is 4.99 Å². The second kappa shape index (κ2) is 9.19. The second-order valence-electron chi connectivity index (χ2n) is 6.83. The van der Waals surface area contributed by atoms with E-state index in [4.69, 9.17) is 9.73 Å². The van der Waals surface area contributed by atoms with E-state index in [9.17, 15) is 0 Å². The number of benzene rings is 1. The van der Waals surface area contributed by atoms with Crippen LogP contribution in [0.4, 0.5) is 0 Å². The maximum atomic E-state index is 5.64. The summed E-state index contributed by atoms with van der Waals surface area (Å²) in [5.74, 6) is 0.891. The van der Waals surface area contributed by atoms with E-state index < -0.39 is 0 Å². The Morgan fingerprint density at radius 2 is 1.92 bits per heavy atom. The van der Waals surface area contributed by atoms with Gasteiger partial charge in [0, 0.05) is 36.6 Å². The minimum Gasteiger partial charge on any atom is -0.381 e. The molecule has 4 nitrogen and oxygen atoms in total. The maximum absolute atomic E-state index is 5.64. The number of rotatable bonds is 6. The molecule has 0 amide bonds. The Balaban J connectivity index is 1.72. The lowest BCUT2D eigenvalue weighted by molar-refractivity contribution is 0.0514. The van der Waals surface area contributed by atoms with Crippen molar-refractivity contribution in [1.29, 1.82) is 0 Å². The Bertz CT molecular complexity index is 705. The summed E-state index contributed by atoms with van der Waals surface area (Å²) in [6, 6.07) is 13.0. The summed E-state index contributed by atoms with van der Waals surface area (Å²) in [5, 5.41) is 9.12. The van der Waals surface area contributed by atoms with Gasteiger partial charge < -0.3 is 15.4 Å². The second-order valence-corrected chi connectivity index (χ2v) is 7.83. The predicted molar refractivity (Wildman–Crippen MR) is 110 cm³/mol. The van der Waals surface area contributed by atoms with Gasteiger partial charge in [-0.05, 0) is 49.3 Å². The highest BCUT2D eigenvalue weighted by Gasteiger charge is 2.34. The fourth-order valence-electron chi connectivity index (χ4n) is 3.43. The van der Waals surface area contributed by atoms with Gasteiger partial charge in [-0.1, -0.05) is 30.3 Å². The van der Waals surface area contributed by atoms with Gasteiger partial charge in [0.1, 0.15) is 0 Å². The van der Waals surface area contributed by atoms with Gasteiger partial charge >= 0.3 is 0 Å². The van der Waals surface area contributed by atoms with Crippen LogP contribution in [0.1, 0.15) is 35.8 Å². The molecule has 1 aromatic heterocycles. The molecular weight excluding hydrogens is 342 g/mol. The van der Waals surface area contributed by atoms with Gasteiger partial charge in [0.05, 0.1) is 6.54 Å². The van der Waals surface area contributed by atoms with Crippen LogP contribution in [0.25, 0.3) is 0 Å². The lowest BCUT2D eigenvalue weighted by atomic mass is 9.74. The highest BCUT2D eigenvalue weighted by atomic mass is 32.1. The Kier molecular flexibility index (Phi) is 6.69. The van der Waals surface area contributed by atoms with Gasteiger partial charge in [-0.15, -0.1) is 11.3 Å². The number of nitrogens with zero attached hydrogens (tertiary/aromatic N) is 1. The number of hydrogen-bond donors (Lipinski definition) is 2. The fraction of sp³-hybridized carbons (Fsp3) is 0.476. The molecule has 0 atom stereocenters. The molecule has 26 heavy (non-hydrogen) atoms. The molecule has 2 N–H and O–H groups in total. The van der Waals surface area contributed by atoms with Crippen LogP contribution in [-0.2, 0) is 16.7 Å². The summed E-state index contributed by atoms with van der Waals surface area (Å²) in [7, 11) is 0. The Labute approximate surface area is 160 Å². The Morgan fingerprint density at radius 3 is 2.58 bits per heavy atom. The van der Waals surface area contributed by atoms with Crippen molar-refractivity contribution in [1.82, 2.24) is 10.6 Å². The Morgan fingerprint density at radius 1 is 1.15 bits per heavy atom. The topological polar surface area (TPSA) is 45.7 Å². The van der Waals surface area contributed by atoms with E-state index in [0.717, 1.165) is 51.6 Å². The van der Waals surface area contributed by atoms with Crippen LogP contribution in [0, 0.1) is 6.92 Å². The van der Waals surface area contributed by atoms with E-state index in [2.05, 4.69) is 66.3 Å². The van der Waals surface area contributed by atoms with E-state index in [1.165, 1.54) is 16.0 Å². The summed E-state index contributed by atoms with van der Waals surface area (Å²) in [6.45, 7) is 8.34. The summed E-state index contributed by atoms with van der Waals surface area (Å²) in [6.07, 6.45) is 2.07. The zero-order chi connectivity index (χ0) is 18.2. The van der Waals surface area contributed by atoms with Crippen molar-refractivity contribution in [3.8, 4) is 0 Å². The number of aryl methyl sites for hydroxylation is 1. The molecule has 1 aliphatic rings. The number of hydrogen-bond acceptors (Lipinski definition) is 3. The fourth-order valence-corrected chi connectivity index (χ4v) is 4.26. The highest BCUT2D eigenvalue weighted by molar-refractivity contribution is 7.10. The molecule has 2 aromatic rings. The summed E-state index contributed by atoms with van der Waals surface area (Å²) in [4.78, 5) is 6.12. The maximum Gasteiger partial charge on any atom is 0.191 e. The van der Waals surface area contributed by atoms with Crippen LogP contribution in [-0.4, -0.2) is 32.3 Å². The molecule has 3 rings (SSSR count). The molecule has 0 saturated carbocycles. The molecule has 1 fully saturated rings. The number of nitrogens with one attached hydrogen (secondary N) is 2. The molecule has 1 aromatic carbocycles. The average Bonchev–Trinajstić information content (AvgIpc) is 3.10. The molecule has 5 heteroatoms. The first-order chi connectivity index (χ1) is 12.7. The van der Waals surface area contributed by atoms with Gasteiger partial charge in [0.15, 0.2) is 5.96 Å². The van der Waals surface area contributed by atoms with Crippen LogP contribution in [0.3, 0.4) is 0 Å². The number of aliphatic imine (C=N–C) groups is 1. The molecule has 1 aliphatic heterocycles. The first-order valence-electron chi connectivity index (χ1n) is 9.42. The summed E-state index contributed by atoms with van der Waals surface area (Å²) < 4.78 is 5.64. The van der Waals surface area contributed by atoms with Gasteiger partial charge in [-0.2, -0.15) is 0 Å². The molecule has 1 saturated heterocycles. The SMILES string of the molecule is CCNC(=NCc1sccc1C)NCC1(c2ccccc2)CCOCC1. The van der Waals surface area contributed by atoms with Crippen LogP contribution < -0.4 is 10.6 Å². The number of guanidine groups is 1. The molecule has 0 spiro atoms. The minimum absolute atomic E-state index is 0.106. The highest BCUT2D eigenvalue weighted by Crippen LogP contribution is 2.34. The zero-order valence-electron chi connectivity index (χ0n) is 15.8. The third-order valence-corrected chi connectivity index (χ3v) is 6.13. The first kappa shape index (κ1) is 18.9. The molecule has 0 radical (unpaired) electrons. The van der Waals surface area contributed by atoms with Crippen molar-refractivity contribution in [2.75, 3.05) is 26.3 Å². The smallest absolute Gasteiger partial charge is 0.191 e. The minimum atomic E-state index is 0.106. The lowest BCUT2D eigenvalue weighted by Gasteiger charge is -2.38. The predicted octanol–water partition coefficient (Wildman–Crippen LogP) is 3.86. The molecule has 0 unspecified atom stereocenters. The van der Waals surface area contributed by atoms with E-state index in [1.807, 2.05) is 0 Å². The van der Waals surface area contributed by atoms with Gasteiger partial charge in [-0.3, -0.25) is 0 Å². The van der Waals surface area contributed by atoms with Crippen molar-refractivity contribution < 1.29 is 4.74 Å². The Hall–Kier alpha value is -1.85. The largest absolute Gasteiger partial charge is 0.381 e.